The molecule has 0 radical (unpaired) electrons. The van der Waals surface area contributed by atoms with Crippen LogP contribution in [0.4, 0.5) is 0 Å². The molecule has 0 bridgehead atoms. The molecule has 0 spiro atoms. The second-order valence-electron chi connectivity index (χ2n) is 5.20. The van der Waals surface area contributed by atoms with Gasteiger partial charge in [0, 0.05) is 13.1 Å². The topological polar surface area (TPSA) is 66.8 Å². The normalized spacial score (nSPS) is 22.6. The van der Waals surface area contributed by atoms with Crippen molar-refractivity contribution in [2.45, 2.75) is 32.5 Å². The number of rotatable bonds is 3. The van der Waals surface area contributed by atoms with E-state index >= 15 is 0 Å². The van der Waals surface area contributed by atoms with E-state index in [-0.39, 0.29) is 30.1 Å². The van der Waals surface area contributed by atoms with Crippen LogP contribution in [0.25, 0.3) is 0 Å². The predicted octanol–water partition coefficient (Wildman–Crippen LogP) is 1.56. The van der Waals surface area contributed by atoms with E-state index in [0.29, 0.717) is 18.7 Å². The van der Waals surface area contributed by atoms with Crippen molar-refractivity contribution in [3.8, 4) is 0 Å². The van der Waals surface area contributed by atoms with Gasteiger partial charge in [0.25, 0.3) is 0 Å². The van der Waals surface area contributed by atoms with Gasteiger partial charge in [-0.2, -0.15) is 0 Å². The highest BCUT2D eigenvalue weighted by molar-refractivity contribution is 5.91. The summed E-state index contributed by atoms with van der Waals surface area (Å²) in [6.07, 6.45) is 0.136. The predicted molar refractivity (Wildman–Crippen MR) is 73.7 cm³/mol. The molecule has 1 fully saturated rings. The van der Waals surface area contributed by atoms with Crippen molar-refractivity contribution >= 4 is 11.9 Å². The molecule has 5 heteroatoms. The Morgan fingerprint density at radius 3 is 2.45 bits per heavy atom. The maximum Gasteiger partial charge on any atom is 0.335 e. The summed E-state index contributed by atoms with van der Waals surface area (Å²) >= 11 is 0. The second kappa shape index (κ2) is 6.05. The lowest BCUT2D eigenvalue weighted by molar-refractivity contribution is -0.142. The summed E-state index contributed by atoms with van der Waals surface area (Å²) in [6.45, 7) is 4.97. The van der Waals surface area contributed by atoms with E-state index < -0.39 is 5.97 Å². The Labute approximate surface area is 118 Å². The largest absolute Gasteiger partial charge is 0.478 e. The van der Waals surface area contributed by atoms with E-state index in [0.717, 1.165) is 0 Å². The third kappa shape index (κ3) is 3.36. The van der Waals surface area contributed by atoms with Crippen LogP contribution in [0.2, 0.25) is 0 Å². The lowest BCUT2D eigenvalue weighted by Crippen LogP contribution is -2.48. The van der Waals surface area contributed by atoms with Crippen LogP contribution < -0.4 is 0 Å². The number of ether oxygens (including phenoxy) is 1. The summed E-state index contributed by atoms with van der Waals surface area (Å²) in [6, 6.07) is 6.63. The molecule has 20 heavy (non-hydrogen) atoms. The van der Waals surface area contributed by atoms with Crippen LogP contribution in [-0.2, 0) is 16.0 Å². The van der Waals surface area contributed by atoms with Crippen LogP contribution in [-0.4, -0.2) is 47.2 Å². The quantitative estimate of drug-likeness (QED) is 0.910. The minimum absolute atomic E-state index is 0.0115. The average Bonchev–Trinajstić information content (AvgIpc) is 2.37. The number of amides is 1. The maximum atomic E-state index is 12.3. The summed E-state index contributed by atoms with van der Waals surface area (Å²) in [7, 11) is 0. The molecule has 108 valence electrons. The zero-order chi connectivity index (χ0) is 14.7. The van der Waals surface area contributed by atoms with Gasteiger partial charge < -0.3 is 14.7 Å². The SMILES string of the molecule is C[C@@H]1CN(C(=O)Cc2ccccc2C(=O)O)C[C@H](C)O1. The van der Waals surface area contributed by atoms with Gasteiger partial charge in [-0.1, -0.05) is 18.2 Å². The van der Waals surface area contributed by atoms with Crippen LogP contribution in [0.3, 0.4) is 0 Å². The van der Waals surface area contributed by atoms with Gasteiger partial charge in [0.1, 0.15) is 0 Å². The molecule has 1 aromatic carbocycles. The third-order valence-electron chi connectivity index (χ3n) is 3.36. The molecule has 0 unspecified atom stereocenters. The van der Waals surface area contributed by atoms with E-state index in [9.17, 15) is 9.59 Å². The monoisotopic (exact) mass is 277 g/mol. The number of morpholine rings is 1. The second-order valence-corrected chi connectivity index (χ2v) is 5.20. The molecule has 0 saturated carbocycles. The maximum absolute atomic E-state index is 12.3. The smallest absolute Gasteiger partial charge is 0.335 e. The number of nitrogens with zero attached hydrogens (tertiary/aromatic N) is 1. The van der Waals surface area contributed by atoms with Crippen molar-refractivity contribution in [3.63, 3.8) is 0 Å². The Morgan fingerprint density at radius 2 is 1.85 bits per heavy atom. The first-order valence-electron chi connectivity index (χ1n) is 6.71. The number of carbonyl (C=O) groups excluding carboxylic acids is 1. The summed E-state index contributed by atoms with van der Waals surface area (Å²) in [5.74, 6) is -1.06. The first kappa shape index (κ1) is 14.5. The molecule has 1 heterocycles. The van der Waals surface area contributed by atoms with Gasteiger partial charge in [0.2, 0.25) is 5.91 Å². The summed E-state index contributed by atoms with van der Waals surface area (Å²) < 4.78 is 5.59. The van der Waals surface area contributed by atoms with E-state index in [1.807, 2.05) is 13.8 Å². The summed E-state index contributed by atoms with van der Waals surface area (Å²) in [5.41, 5.74) is 0.743. The van der Waals surface area contributed by atoms with Gasteiger partial charge in [-0.15, -0.1) is 0 Å². The van der Waals surface area contributed by atoms with Crippen LogP contribution in [0, 0.1) is 0 Å². The Kier molecular flexibility index (Phi) is 4.39. The molecule has 1 amide bonds. The molecular weight excluding hydrogens is 258 g/mol. The van der Waals surface area contributed by atoms with Gasteiger partial charge in [0.15, 0.2) is 0 Å². The summed E-state index contributed by atoms with van der Waals surface area (Å²) in [4.78, 5) is 25.2. The van der Waals surface area contributed by atoms with Crippen molar-refractivity contribution in [1.82, 2.24) is 4.90 Å². The third-order valence-corrected chi connectivity index (χ3v) is 3.36. The van der Waals surface area contributed by atoms with E-state index in [1.54, 1.807) is 23.1 Å². The van der Waals surface area contributed by atoms with Crippen molar-refractivity contribution in [2.75, 3.05) is 13.1 Å². The fraction of sp³-hybridized carbons (Fsp3) is 0.467. The van der Waals surface area contributed by atoms with E-state index in [2.05, 4.69) is 0 Å². The molecule has 1 saturated heterocycles. The fourth-order valence-corrected chi connectivity index (χ4v) is 2.54. The molecule has 2 atom stereocenters. The summed E-state index contributed by atoms with van der Waals surface area (Å²) in [5, 5.41) is 9.13. The van der Waals surface area contributed by atoms with E-state index in [1.165, 1.54) is 6.07 Å². The lowest BCUT2D eigenvalue weighted by atomic mass is 10.0. The van der Waals surface area contributed by atoms with Crippen LogP contribution in [0.15, 0.2) is 24.3 Å². The lowest BCUT2D eigenvalue weighted by Gasteiger charge is -2.35. The van der Waals surface area contributed by atoms with Crippen LogP contribution in [0.5, 0.6) is 0 Å². The average molecular weight is 277 g/mol. The Morgan fingerprint density at radius 1 is 1.25 bits per heavy atom. The molecule has 1 aliphatic heterocycles. The molecule has 1 N–H and O–H groups in total. The van der Waals surface area contributed by atoms with Gasteiger partial charge in [0.05, 0.1) is 24.2 Å². The van der Waals surface area contributed by atoms with Gasteiger partial charge >= 0.3 is 5.97 Å². The number of hydrogen-bond donors (Lipinski definition) is 1. The number of benzene rings is 1. The highest BCUT2D eigenvalue weighted by atomic mass is 16.5. The van der Waals surface area contributed by atoms with Gasteiger partial charge in [-0.25, -0.2) is 4.79 Å². The van der Waals surface area contributed by atoms with Crippen molar-refractivity contribution in [2.24, 2.45) is 0 Å². The van der Waals surface area contributed by atoms with Gasteiger partial charge in [-0.3, -0.25) is 4.79 Å². The highest BCUT2D eigenvalue weighted by Gasteiger charge is 2.26. The number of aromatic carboxylic acids is 1. The number of carboxylic acids is 1. The first-order valence-corrected chi connectivity index (χ1v) is 6.71. The molecule has 1 aliphatic rings. The van der Waals surface area contributed by atoms with Crippen molar-refractivity contribution < 1.29 is 19.4 Å². The molecule has 0 aliphatic carbocycles. The zero-order valence-electron chi connectivity index (χ0n) is 11.7. The van der Waals surface area contributed by atoms with Crippen molar-refractivity contribution in [3.05, 3.63) is 35.4 Å². The minimum atomic E-state index is -1.00. The molecule has 0 aromatic heterocycles. The fourth-order valence-electron chi connectivity index (χ4n) is 2.54. The zero-order valence-corrected chi connectivity index (χ0v) is 11.7. The number of carboxylic acid groups (broad SMARTS) is 1. The van der Waals surface area contributed by atoms with E-state index in [4.69, 9.17) is 9.84 Å². The van der Waals surface area contributed by atoms with Crippen LogP contribution >= 0.6 is 0 Å². The van der Waals surface area contributed by atoms with Crippen molar-refractivity contribution in [1.29, 1.82) is 0 Å². The standard InChI is InChI=1S/C15H19NO4/c1-10-8-16(9-11(2)20-10)14(17)7-12-5-3-4-6-13(12)15(18)19/h3-6,10-11H,7-9H2,1-2H3,(H,18,19)/t10-,11+. The highest BCUT2D eigenvalue weighted by Crippen LogP contribution is 2.15. The molecular formula is C15H19NO4. The Balaban J connectivity index is 2.10. The molecule has 5 nitrogen and oxygen atoms in total. The minimum Gasteiger partial charge on any atom is -0.478 e. The first-order chi connectivity index (χ1) is 9.47. The number of carbonyl (C=O) groups is 2. The van der Waals surface area contributed by atoms with Gasteiger partial charge in [-0.05, 0) is 25.5 Å². The van der Waals surface area contributed by atoms with Crippen LogP contribution in [0.1, 0.15) is 29.8 Å². The Bertz CT molecular complexity index is 504. The molecule has 2 rings (SSSR count). The number of hydrogen-bond acceptors (Lipinski definition) is 3. The molecule has 1 aromatic rings. The Hall–Kier alpha value is -1.88.